The van der Waals surface area contributed by atoms with Crippen LogP contribution < -0.4 is 5.32 Å². The normalized spacial score (nSPS) is 9.67. The molecular weight excluding hydrogens is 232 g/mol. The van der Waals surface area contributed by atoms with E-state index in [0.717, 1.165) is 5.56 Å². The monoisotopic (exact) mass is 250 g/mol. The minimum atomic E-state index is -0.570. The van der Waals surface area contributed by atoms with Crippen molar-refractivity contribution >= 4 is 12.0 Å². The molecule has 5 nitrogen and oxygen atoms in total. The van der Waals surface area contributed by atoms with E-state index in [1.807, 2.05) is 30.3 Å². The maximum atomic E-state index is 11.7. The minimum Gasteiger partial charge on any atom is -0.450 e. The highest BCUT2D eigenvalue weighted by Gasteiger charge is 2.10. The van der Waals surface area contributed by atoms with Gasteiger partial charge < -0.3 is 15.0 Å². The number of nitrogens with zero attached hydrogens (tertiary/aromatic N) is 1. The van der Waals surface area contributed by atoms with E-state index in [4.69, 9.17) is 0 Å². The number of benzene rings is 1. The van der Waals surface area contributed by atoms with Crippen LogP contribution in [0.1, 0.15) is 12.5 Å². The smallest absolute Gasteiger partial charge is 0.407 e. The summed E-state index contributed by atoms with van der Waals surface area (Å²) in [5.41, 5.74) is 1.05. The first-order valence-corrected chi connectivity index (χ1v) is 5.82. The zero-order chi connectivity index (χ0) is 13.4. The Morgan fingerprint density at radius 2 is 1.94 bits per heavy atom. The van der Waals surface area contributed by atoms with Gasteiger partial charge in [0.05, 0.1) is 6.61 Å². The fourth-order valence-electron chi connectivity index (χ4n) is 1.41. The molecule has 0 fully saturated rings. The average Bonchev–Trinajstić information content (AvgIpc) is 2.37. The maximum absolute atomic E-state index is 11.7. The van der Waals surface area contributed by atoms with Crippen LogP contribution in [0.25, 0.3) is 0 Å². The summed E-state index contributed by atoms with van der Waals surface area (Å²) >= 11 is 0. The molecule has 0 atom stereocenters. The van der Waals surface area contributed by atoms with Gasteiger partial charge in [0.1, 0.15) is 6.54 Å². The summed E-state index contributed by atoms with van der Waals surface area (Å²) in [5.74, 6) is -0.160. The lowest BCUT2D eigenvalue weighted by Crippen LogP contribution is -2.38. The largest absolute Gasteiger partial charge is 0.450 e. The first-order chi connectivity index (χ1) is 8.63. The highest BCUT2D eigenvalue weighted by Crippen LogP contribution is 2.02. The van der Waals surface area contributed by atoms with Crippen molar-refractivity contribution in [1.29, 1.82) is 0 Å². The fourth-order valence-corrected chi connectivity index (χ4v) is 1.41. The number of carbonyl (C=O) groups excluding carboxylic acids is 2. The summed E-state index contributed by atoms with van der Waals surface area (Å²) in [4.78, 5) is 24.3. The highest BCUT2D eigenvalue weighted by molar-refractivity contribution is 5.82. The molecule has 0 bridgehead atoms. The summed E-state index contributed by atoms with van der Waals surface area (Å²) in [5, 5.41) is 2.40. The molecule has 0 aliphatic rings. The van der Waals surface area contributed by atoms with Crippen LogP contribution in [-0.4, -0.2) is 37.1 Å². The van der Waals surface area contributed by atoms with Crippen molar-refractivity contribution in [2.24, 2.45) is 0 Å². The van der Waals surface area contributed by atoms with Gasteiger partial charge in [0.2, 0.25) is 5.91 Å². The van der Waals surface area contributed by atoms with Crippen molar-refractivity contribution in [3.05, 3.63) is 35.9 Å². The van der Waals surface area contributed by atoms with Gasteiger partial charge in [-0.15, -0.1) is 0 Å². The lowest BCUT2D eigenvalue weighted by atomic mass is 10.2. The molecule has 0 heterocycles. The summed E-state index contributed by atoms with van der Waals surface area (Å²) in [6, 6.07) is 9.66. The SMILES string of the molecule is CCOC(=O)NCC(=O)N(C)Cc1ccccc1. The standard InChI is InChI=1S/C13H18N2O3/c1-3-18-13(17)14-9-12(16)15(2)10-11-7-5-4-6-8-11/h4-8H,3,9-10H2,1-2H3,(H,14,17). The Morgan fingerprint density at radius 3 is 2.56 bits per heavy atom. The zero-order valence-corrected chi connectivity index (χ0v) is 10.7. The van der Waals surface area contributed by atoms with E-state index in [0.29, 0.717) is 13.2 Å². The predicted octanol–water partition coefficient (Wildman–Crippen LogP) is 1.39. The van der Waals surface area contributed by atoms with Crippen LogP contribution in [0, 0.1) is 0 Å². The number of alkyl carbamates (subject to hydrolysis) is 1. The van der Waals surface area contributed by atoms with Crippen molar-refractivity contribution in [2.75, 3.05) is 20.2 Å². The maximum Gasteiger partial charge on any atom is 0.407 e. The minimum absolute atomic E-state index is 0.0534. The molecule has 1 N–H and O–H groups in total. The third-order valence-corrected chi connectivity index (χ3v) is 2.35. The molecule has 2 amide bonds. The number of nitrogens with one attached hydrogen (secondary N) is 1. The van der Waals surface area contributed by atoms with E-state index in [1.54, 1.807) is 18.9 Å². The fraction of sp³-hybridized carbons (Fsp3) is 0.385. The second kappa shape index (κ2) is 7.32. The lowest BCUT2D eigenvalue weighted by molar-refractivity contribution is -0.129. The molecule has 0 saturated heterocycles. The molecule has 18 heavy (non-hydrogen) atoms. The van der Waals surface area contributed by atoms with E-state index >= 15 is 0 Å². The Labute approximate surface area is 107 Å². The Kier molecular flexibility index (Phi) is 5.70. The zero-order valence-electron chi connectivity index (χ0n) is 10.7. The Hall–Kier alpha value is -2.04. The van der Waals surface area contributed by atoms with Crippen LogP contribution in [-0.2, 0) is 16.1 Å². The molecule has 5 heteroatoms. The highest BCUT2D eigenvalue weighted by atomic mass is 16.5. The Balaban J connectivity index is 2.35. The summed E-state index contributed by atoms with van der Waals surface area (Å²) in [6.45, 7) is 2.47. The number of likely N-dealkylation sites (N-methyl/N-ethyl adjacent to an activating group) is 1. The number of rotatable bonds is 5. The topological polar surface area (TPSA) is 58.6 Å². The van der Waals surface area contributed by atoms with E-state index in [-0.39, 0.29) is 12.5 Å². The van der Waals surface area contributed by atoms with Gasteiger partial charge in [-0.05, 0) is 12.5 Å². The Morgan fingerprint density at radius 1 is 1.28 bits per heavy atom. The summed E-state index contributed by atoms with van der Waals surface area (Å²) in [6.07, 6.45) is -0.570. The molecule has 0 saturated carbocycles. The molecule has 1 aromatic carbocycles. The van der Waals surface area contributed by atoms with E-state index in [2.05, 4.69) is 10.1 Å². The number of carbonyl (C=O) groups is 2. The van der Waals surface area contributed by atoms with E-state index in [1.165, 1.54) is 0 Å². The second-order valence-corrected chi connectivity index (χ2v) is 3.81. The molecule has 0 aromatic heterocycles. The quantitative estimate of drug-likeness (QED) is 0.859. The van der Waals surface area contributed by atoms with Crippen molar-refractivity contribution in [3.63, 3.8) is 0 Å². The first-order valence-electron chi connectivity index (χ1n) is 5.82. The second-order valence-electron chi connectivity index (χ2n) is 3.81. The van der Waals surface area contributed by atoms with Crippen molar-refractivity contribution in [1.82, 2.24) is 10.2 Å². The van der Waals surface area contributed by atoms with E-state index in [9.17, 15) is 9.59 Å². The van der Waals surface area contributed by atoms with Crippen molar-refractivity contribution in [3.8, 4) is 0 Å². The molecule has 1 aromatic rings. The van der Waals surface area contributed by atoms with Gasteiger partial charge in [0.25, 0.3) is 0 Å². The molecule has 0 unspecified atom stereocenters. The summed E-state index contributed by atoms with van der Waals surface area (Å²) in [7, 11) is 1.70. The van der Waals surface area contributed by atoms with Crippen molar-refractivity contribution < 1.29 is 14.3 Å². The molecule has 0 spiro atoms. The van der Waals surface area contributed by atoms with Crippen LogP contribution in [0.5, 0.6) is 0 Å². The van der Waals surface area contributed by atoms with Crippen LogP contribution in [0.3, 0.4) is 0 Å². The third-order valence-electron chi connectivity index (χ3n) is 2.35. The lowest BCUT2D eigenvalue weighted by Gasteiger charge is -2.17. The third kappa shape index (κ3) is 4.86. The first kappa shape index (κ1) is 14.0. The van der Waals surface area contributed by atoms with Gasteiger partial charge in [0.15, 0.2) is 0 Å². The van der Waals surface area contributed by atoms with Crippen LogP contribution in [0.15, 0.2) is 30.3 Å². The number of hydrogen-bond acceptors (Lipinski definition) is 3. The molecule has 0 aliphatic heterocycles. The molecular formula is C13H18N2O3. The molecule has 0 radical (unpaired) electrons. The van der Waals surface area contributed by atoms with E-state index < -0.39 is 6.09 Å². The summed E-state index contributed by atoms with van der Waals surface area (Å²) < 4.78 is 4.67. The number of hydrogen-bond donors (Lipinski definition) is 1. The van der Waals surface area contributed by atoms with Gasteiger partial charge in [-0.25, -0.2) is 4.79 Å². The number of amides is 2. The van der Waals surface area contributed by atoms with Gasteiger partial charge in [-0.2, -0.15) is 0 Å². The molecule has 1 rings (SSSR count). The Bertz CT molecular complexity index is 392. The van der Waals surface area contributed by atoms with Crippen LogP contribution >= 0.6 is 0 Å². The number of ether oxygens (including phenoxy) is 1. The molecule has 0 aliphatic carbocycles. The van der Waals surface area contributed by atoms with Gasteiger partial charge in [-0.1, -0.05) is 30.3 Å². The van der Waals surface area contributed by atoms with Gasteiger partial charge in [0, 0.05) is 13.6 Å². The average molecular weight is 250 g/mol. The van der Waals surface area contributed by atoms with Crippen LogP contribution in [0.2, 0.25) is 0 Å². The van der Waals surface area contributed by atoms with Crippen molar-refractivity contribution in [2.45, 2.75) is 13.5 Å². The van der Waals surface area contributed by atoms with Crippen LogP contribution in [0.4, 0.5) is 4.79 Å². The molecule has 98 valence electrons. The van der Waals surface area contributed by atoms with Gasteiger partial charge in [-0.3, -0.25) is 4.79 Å². The predicted molar refractivity (Wildman–Crippen MR) is 67.9 cm³/mol. The van der Waals surface area contributed by atoms with Gasteiger partial charge >= 0.3 is 6.09 Å².